The van der Waals surface area contributed by atoms with Crippen molar-refractivity contribution in [2.45, 2.75) is 6.61 Å². The van der Waals surface area contributed by atoms with Crippen LogP contribution in [-0.2, 0) is 6.61 Å². The Morgan fingerprint density at radius 2 is 2.06 bits per heavy atom. The normalized spacial score (nSPS) is 10.7. The first-order chi connectivity index (χ1) is 8.83. The molecule has 0 aliphatic carbocycles. The summed E-state index contributed by atoms with van der Waals surface area (Å²) in [5.74, 6) is 1.39. The summed E-state index contributed by atoms with van der Waals surface area (Å²) >= 11 is 0. The van der Waals surface area contributed by atoms with Crippen molar-refractivity contribution in [1.82, 2.24) is 15.0 Å². The van der Waals surface area contributed by atoms with E-state index < -0.39 is 0 Å². The molecular formula is C13H12N4O. The minimum absolute atomic E-state index is 0.338. The number of pyridine rings is 1. The van der Waals surface area contributed by atoms with Crippen LogP contribution in [0.25, 0.3) is 11.2 Å². The van der Waals surface area contributed by atoms with Crippen LogP contribution in [-0.4, -0.2) is 15.0 Å². The van der Waals surface area contributed by atoms with Gasteiger partial charge in [-0.2, -0.15) is 0 Å². The Bertz CT molecular complexity index is 644. The number of nitrogens with one attached hydrogen (secondary N) is 1. The Hall–Kier alpha value is -2.56. The zero-order chi connectivity index (χ0) is 12.4. The molecule has 0 aliphatic rings. The quantitative estimate of drug-likeness (QED) is 0.687. The molecule has 90 valence electrons. The van der Waals surface area contributed by atoms with E-state index in [2.05, 4.69) is 15.0 Å². The Morgan fingerprint density at radius 1 is 1.17 bits per heavy atom. The lowest BCUT2D eigenvalue weighted by Crippen LogP contribution is -1.99. The fourth-order valence-corrected chi connectivity index (χ4v) is 1.72. The SMILES string of the molecule is Nc1ccccc1OCc1nc2ncccc2[nH]1. The number of hydrogen-bond donors (Lipinski definition) is 2. The number of nitrogen functional groups attached to an aromatic ring is 1. The second kappa shape index (κ2) is 4.37. The Labute approximate surface area is 104 Å². The molecule has 0 atom stereocenters. The molecule has 5 heteroatoms. The summed E-state index contributed by atoms with van der Waals surface area (Å²) < 4.78 is 5.61. The number of anilines is 1. The molecule has 3 aromatic rings. The first kappa shape index (κ1) is 10.6. The van der Waals surface area contributed by atoms with Crippen molar-refractivity contribution in [2.24, 2.45) is 0 Å². The first-order valence-corrected chi connectivity index (χ1v) is 5.60. The van der Waals surface area contributed by atoms with E-state index in [0.29, 0.717) is 23.7 Å². The maximum atomic E-state index is 5.79. The third kappa shape index (κ3) is 1.98. The highest BCUT2D eigenvalue weighted by atomic mass is 16.5. The molecular weight excluding hydrogens is 228 g/mol. The molecule has 18 heavy (non-hydrogen) atoms. The van der Waals surface area contributed by atoms with Gasteiger partial charge in [-0.05, 0) is 24.3 Å². The largest absolute Gasteiger partial charge is 0.484 e. The zero-order valence-electron chi connectivity index (χ0n) is 9.63. The Balaban J connectivity index is 1.79. The van der Waals surface area contributed by atoms with Crippen molar-refractivity contribution >= 4 is 16.9 Å². The van der Waals surface area contributed by atoms with Crippen LogP contribution in [0.5, 0.6) is 5.75 Å². The molecule has 3 rings (SSSR count). The van der Waals surface area contributed by atoms with Crippen molar-refractivity contribution < 1.29 is 4.74 Å². The van der Waals surface area contributed by atoms with Gasteiger partial charge >= 0.3 is 0 Å². The van der Waals surface area contributed by atoms with Gasteiger partial charge in [-0.1, -0.05) is 12.1 Å². The molecule has 1 aromatic carbocycles. The predicted molar refractivity (Wildman–Crippen MR) is 69.1 cm³/mol. The van der Waals surface area contributed by atoms with Gasteiger partial charge in [0.1, 0.15) is 18.2 Å². The monoisotopic (exact) mass is 240 g/mol. The highest BCUT2D eigenvalue weighted by Crippen LogP contribution is 2.20. The van der Waals surface area contributed by atoms with Crippen LogP contribution >= 0.6 is 0 Å². The van der Waals surface area contributed by atoms with E-state index in [0.717, 1.165) is 11.3 Å². The highest BCUT2D eigenvalue weighted by Gasteiger charge is 2.04. The number of para-hydroxylation sites is 2. The smallest absolute Gasteiger partial charge is 0.177 e. The molecule has 5 nitrogen and oxygen atoms in total. The van der Waals surface area contributed by atoms with Gasteiger partial charge < -0.3 is 15.5 Å². The minimum atomic E-state index is 0.338. The molecule has 0 fully saturated rings. The van der Waals surface area contributed by atoms with Crippen molar-refractivity contribution in [2.75, 3.05) is 5.73 Å². The lowest BCUT2D eigenvalue weighted by Gasteiger charge is -2.06. The van der Waals surface area contributed by atoms with Crippen LogP contribution in [0, 0.1) is 0 Å². The minimum Gasteiger partial charge on any atom is -0.484 e. The van der Waals surface area contributed by atoms with Crippen LogP contribution in [0.1, 0.15) is 5.82 Å². The van der Waals surface area contributed by atoms with Crippen molar-refractivity contribution in [1.29, 1.82) is 0 Å². The molecule has 0 saturated carbocycles. The van der Waals surface area contributed by atoms with E-state index in [9.17, 15) is 0 Å². The van der Waals surface area contributed by atoms with Crippen LogP contribution in [0.4, 0.5) is 5.69 Å². The van der Waals surface area contributed by atoms with Gasteiger partial charge in [-0.25, -0.2) is 9.97 Å². The van der Waals surface area contributed by atoms with E-state index in [4.69, 9.17) is 10.5 Å². The average molecular weight is 240 g/mol. The van der Waals surface area contributed by atoms with Gasteiger partial charge in [0.25, 0.3) is 0 Å². The molecule has 3 N–H and O–H groups in total. The van der Waals surface area contributed by atoms with Crippen molar-refractivity contribution in [3.8, 4) is 5.75 Å². The van der Waals surface area contributed by atoms with E-state index in [1.54, 1.807) is 12.3 Å². The summed E-state index contributed by atoms with van der Waals surface area (Å²) in [6.07, 6.45) is 1.71. The van der Waals surface area contributed by atoms with Gasteiger partial charge in [-0.3, -0.25) is 0 Å². The van der Waals surface area contributed by atoms with Crippen molar-refractivity contribution in [3.05, 3.63) is 48.4 Å². The summed E-state index contributed by atoms with van der Waals surface area (Å²) in [6, 6.07) is 11.2. The predicted octanol–water partition coefficient (Wildman–Crippen LogP) is 2.12. The number of imidazole rings is 1. The van der Waals surface area contributed by atoms with Crippen LogP contribution in [0.3, 0.4) is 0 Å². The standard InChI is InChI=1S/C13H12N4O/c14-9-4-1-2-6-11(9)18-8-12-16-10-5-3-7-15-13(10)17-12/h1-7H,8,14H2,(H,15,16,17). The van der Waals surface area contributed by atoms with Gasteiger partial charge in [0.2, 0.25) is 0 Å². The van der Waals surface area contributed by atoms with Gasteiger partial charge in [0.15, 0.2) is 5.65 Å². The number of H-pyrrole nitrogens is 1. The fraction of sp³-hybridized carbons (Fsp3) is 0.0769. The van der Waals surface area contributed by atoms with Gasteiger partial charge in [0, 0.05) is 6.20 Å². The summed E-state index contributed by atoms with van der Waals surface area (Å²) in [6.45, 7) is 0.338. The topological polar surface area (TPSA) is 76.8 Å². The fourth-order valence-electron chi connectivity index (χ4n) is 1.72. The molecule has 0 amide bonds. The van der Waals surface area contributed by atoms with E-state index in [1.807, 2.05) is 30.3 Å². The van der Waals surface area contributed by atoms with E-state index >= 15 is 0 Å². The van der Waals surface area contributed by atoms with Crippen LogP contribution in [0.15, 0.2) is 42.6 Å². The third-order valence-electron chi connectivity index (χ3n) is 2.59. The summed E-state index contributed by atoms with van der Waals surface area (Å²) in [5.41, 5.74) is 8.00. The van der Waals surface area contributed by atoms with Crippen LogP contribution < -0.4 is 10.5 Å². The number of nitrogens with zero attached hydrogens (tertiary/aromatic N) is 2. The van der Waals surface area contributed by atoms with Gasteiger partial charge in [-0.15, -0.1) is 0 Å². The highest BCUT2D eigenvalue weighted by molar-refractivity contribution is 5.69. The lowest BCUT2D eigenvalue weighted by molar-refractivity contribution is 0.299. The van der Waals surface area contributed by atoms with Crippen LogP contribution in [0.2, 0.25) is 0 Å². The summed E-state index contributed by atoms with van der Waals surface area (Å²) in [4.78, 5) is 11.6. The molecule has 2 aromatic heterocycles. The molecule has 0 bridgehead atoms. The Morgan fingerprint density at radius 3 is 2.89 bits per heavy atom. The van der Waals surface area contributed by atoms with E-state index in [-0.39, 0.29) is 0 Å². The summed E-state index contributed by atoms with van der Waals surface area (Å²) in [7, 11) is 0. The molecule has 0 saturated heterocycles. The number of benzene rings is 1. The molecule has 0 aliphatic heterocycles. The number of aromatic nitrogens is 3. The van der Waals surface area contributed by atoms with E-state index in [1.165, 1.54) is 0 Å². The van der Waals surface area contributed by atoms with Gasteiger partial charge in [0.05, 0.1) is 11.2 Å². The lowest BCUT2D eigenvalue weighted by atomic mass is 10.3. The maximum absolute atomic E-state index is 5.79. The molecule has 2 heterocycles. The number of nitrogens with two attached hydrogens (primary N) is 1. The third-order valence-corrected chi connectivity index (χ3v) is 2.59. The number of hydrogen-bond acceptors (Lipinski definition) is 4. The summed E-state index contributed by atoms with van der Waals surface area (Å²) in [5, 5.41) is 0. The maximum Gasteiger partial charge on any atom is 0.177 e. The number of fused-ring (bicyclic) bond motifs is 1. The second-order valence-electron chi connectivity index (χ2n) is 3.88. The molecule has 0 radical (unpaired) electrons. The average Bonchev–Trinajstić information content (AvgIpc) is 2.80. The number of rotatable bonds is 3. The molecule has 0 unspecified atom stereocenters. The zero-order valence-corrected chi connectivity index (χ0v) is 9.63. The molecule has 0 spiro atoms. The van der Waals surface area contributed by atoms with Crippen molar-refractivity contribution in [3.63, 3.8) is 0 Å². The number of ether oxygens (including phenoxy) is 1. The second-order valence-corrected chi connectivity index (χ2v) is 3.88. The Kier molecular flexibility index (Phi) is 2.57. The first-order valence-electron chi connectivity index (χ1n) is 5.60. The number of aromatic amines is 1.